The summed E-state index contributed by atoms with van der Waals surface area (Å²) >= 11 is 8.32. The normalized spacial score (nSPS) is 10.3. The molecule has 2 aromatic rings. The van der Waals surface area contributed by atoms with Crippen LogP contribution in [0.1, 0.15) is 11.1 Å². The molecular weight excluding hydrogens is 430 g/mol. The molecule has 0 heterocycles. The molecule has 0 radical (unpaired) electrons. The van der Waals surface area contributed by atoms with Crippen molar-refractivity contribution in [2.75, 3.05) is 6.61 Å². The molecule has 0 aliphatic rings. The van der Waals surface area contributed by atoms with Crippen LogP contribution in [0, 0.1) is 6.92 Å². The van der Waals surface area contributed by atoms with Gasteiger partial charge in [0.05, 0.1) is 0 Å². The largest absolute Gasteiger partial charge is 0.483 e. The molecule has 0 aromatic heterocycles. The Balaban J connectivity index is 1.70. The van der Waals surface area contributed by atoms with Crippen molar-refractivity contribution in [3.63, 3.8) is 0 Å². The van der Waals surface area contributed by atoms with Gasteiger partial charge in [-0.2, -0.15) is 0 Å². The molecule has 2 rings (SSSR count). The second-order valence-corrected chi connectivity index (χ2v) is 6.76. The monoisotopic (exact) mass is 447 g/mol. The molecule has 0 fully saturated rings. The van der Waals surface area contributed by atoms with Crippen LogP contribution in [0.3, 0.4) is 0 Å². The van der Waals surface area contributed by atoms with Crippen LogP contribution in [-0.2, 0) is 9.59 Å². The van der Waals surface area contributed by atoms with Crippen LogP contribution < -0.4 is 20.9 Å². The minimum absolute atomic E-state index is 0.0223. The van der Waals surface area contributed by atoms with E-state index in [9.17, 15) is 9.59 Å². The maximum absolute atomic E-state index is 11.8. The van der Waals surface area contributed by atoms with E-state index in [-0.39, 0.29) is 11.7 Å². The van der Waals surface area contributed by atoms with Gasteiger partial charge in [-0.25, -0.2) is 0 Å². The highest BCUT2D eigenvalue weighted by Crippen LogP contribution is 2.21. The highest BCUT2D eigenvalue weighted by atomic mass is 79.9. The molecule has 0 atom stereocenters. The molecule has 3 N–H and O–H groups in total. The Kier molecular flexibility index (Phi) is 7.97. The minimum Gasteiger partial charge on any atom is -0.483 e. The zero-order valence-corrected chi connectivity index (χ0v) is 16.9. The second-order valence-electron chi connectivity index (χ2n) is 5.43. The van der Waals surface area contributed by atoms with E-state index >= 15 is 0 Å². The predicted octanol–water partition coefficient (Wildman–Crippen LogP) is 2.87. The Morgan fingerprint density at radius 1 is 1.15 bits per heavy atom. The van der Waals surface area contributed by atoms with E-state index in [1.807, 2.05) is 49.4 Å². The Morgan fingerprint density at radius 2 is 1.89 bits per heavy atom. The van der Waals surface area contributed by atoms with Crippen molar-refractivity contribution < 1.29 is 14.3 Å². The van der Waals surface area contributed by atoms with Crippen molar-refractivity contribution >= 4 is 51.2 Å². The first-order valence-electron chi connectivity index (χ1n) is 7.96. The quantitative estimate of drug-likeness (QED) is 0.373. The van der Waals surface area contributed by atoms with Crippen LogP contribution in [0.2, 0.25) is 0 Å². The first kappa shape index (κ1) is 20.6. The predicted molar refractivity (Wildman–Crippen MR) is 112 cm³/mol. The van der Waals surface area contributed by atoms with Crippen LogP contribution in [0.15, 0.2) is 59.1 Å². The van der Waals surface area contributed by atoms with Gasteiger partial charge in [-0.05, 0) is 54.5 Å². The van der Waals surface area contributed by atoms with Crippen LogP contribution >= 0.6 is 28.1 Å². The summed E-state index contributed by atoms with van der Waals surface area (Å²) in [6.45, 7) is 1.68. The van der Waals surface area contributed by atoms with Gasteiger partial charge in [-0.1, -0.05) is 46.3 Å². The summed E-state index contributed by atoms with van der Waals surface area (Å²) in [6, 6.07) is 14.9. The first-order valence-corrected chi connectivity index (χ1v) is 9.16. The standard InChI is InChI=1S/C19H18BrN3O3S/c1-13-11-15(20)8-9-16(13)26-12-18(25)22-23-19(27)21-17(24)10-7-14-5-3-2-4-6-14/h2-11H,12H2,1H3,(H,22,25)(H2,21,23,24,27). The lowest BCUT2D eigenvalue weighted by Gasteiger charge is -2.11. The van der Waals surface area contributed by atoms with Crippen LogP contribution in [0.4, 0.5) is 0 Å². The number of benzene rings is 2. The van der Waals surface area contributed by atoms with Gasteiger partial charge in [0.2, 0.25) is 5.91 Å². The number of carbonyl (C=O) groups excluding carboxylic acids is 2. The summed E-state index contributed by atoms with van der Waals surface area (Å²) < 4.78 is 6.37. The molecule has 0 saturated heterocycles. The number of hydrogen-bond donors (Lipinski definition) is 3. The number of carbonyl (C=O) groups is 2. The van der Waals surface area contributed by atoms with E-state index in [2.05, 4.69) is 32.1 Å². The number of halogens is 1. The molecule has 0 saturated carbocycles. The lowest BCUT2D eigenvalue weighted by atomic mass is 10.2. The Bertz CT molecular complexity index is 857. The van der Waals surface area contributed by atoms with Gasteiger partial charge in [0, 0.05) is 10.5 Å². The topological polar surface area (TPSA) is 79.5 Å². The van der Waals surface area contributed by atoms with Crippen molar-refractivity contribution in [1.29, 1.82) is 0 Å². The fourth-order valence-electron chi connectivity index (χ4n) is 2.00. The van der Waals surface area contributed by atoms with Gasteiger partial charge in [0.1, 0.15) is 5.75 Å². The van der Waals surface area contributed by atoms with E-state index in [1.54, 1.807) is 12.1 Å². The molecule has 0 spiro atoms. The van der Waals surface area contributed by atoms with E-state index in [4.69, 9.17) is 17.0 Å². The number of nitrogens with one attached hydrogen (secondary N) is 3. The molecule has 0 aliphatic carbocycles. The summed E-state index contributed by atoms with van der Waals surface area (Å²) in [5, 5.41) is 2.41. The second kappa shape index (κ2) is 10.4. The smallest absolute Gasteiger partial charge is 0.276 e. The highest BCUT2D eigenvalue weighted by Gasteiger charge is 2.06. The lowest BCUT2D eigenvalue weighted by Crippen LogP contribution is -2.49. The summed E-state index contributed by atoms with van der Waals surface area (Å²) in [5.41, 5.74) is 6.60. The summed E-state index contributed by atoms with van der Waals surface area (Å²) in [6.07, 6.45) is 3.01. The van der Waals surface area contributed by atoms with Gasteiger partial charge in [0.15, 0.2) is 11.7 Å². The number of aryl methyl sites for hydroxylation is 1. The number of amides is 2. The van der Waals surface area contributed by atoms with Crippen LogP contribution in [0.5, 0.6) is 5.75 Å². The van der Waals surface area contributed by atoms with E-state index in [1.165, 1.54) is 6.08 Å². The van der Waals surface area contributed by atoms with Crippen molar-refractivity contribution in [3.05, 3.63) is 70.2 Å². The number of rotatable bonds is 5. The third-order valence-corrected chi connectivity index (χ3v) is 3.97. The minimum atomic E-state index is -0.436. The number of thiocarbonyl (C=S) groups is 1. The average molecular weight is 448 g/mol. The summed E-state index contributed by atoms with van der Waals surface area (Å²) in [5.74, 6) is -0.239. The average Bonchev–Trinajstić information content (AvgIpc) is 2.65. The zero-order valence-electron chi connectivity index (χ0n) is 14.5. The van der Waals surface area contributed by atoms with Crippen molar-refractivity contribution in [2.24, 2.45) is 0 Å². The maximum Gasteiger partial charge on any atom is 0.276 e. The molecule has 2 aromatic carbocycles. The van der Waals surface area contributed by atoms with Gasteiger partial charge in [-0.15, -0.1) is 0 Å². The molecule has 8 heteroatoms. The third kappa shape index (κ3) is 7.59. The molecule has 0 bridgehead atoms. The fraction of sp³-hybridized carbons (Fsp3) is 0.105. The van der Waals surface area contributed by atoms with Gasteiger partial charge in [-0.3, -0.25) is 25.8 Å². The van der Waals surface area contributed by atoms with Crippen molar-refractivity contribution in [3.8, 4) is 5.75 Å². The number of hydrogen-bond acceptors (Lipinski definition) is 4. The Hall–Kier alpha value is -2.71. The first-order chi connectivity index (χ1) is 12.9. The molecular formula is C19H18BrN3O3S. The third-order valence-electron chi connectivity index (χ3n) is 3.27. The number of hydrazine groups is 1. The Labute approximate surface area is 171 Å². The Morgan fingerprint density at radius 3 is 2.59 bits per heavy atom. The molecule has 140 valence electrons. The van der Waals surface area contributed by atoms with E-state index in [0.717, 1.165) is 15.6 Å². The molecule has 6 nitrogen and oxygen atoms in total. The summed E-state index contributed by atoms with van der Waals surface area (Å²) in [7, 11) is 0. The van der Waals surface area contributed by atoms with Crippen LogP contribution in [0.25, 0.3) is 6.08 Å². The molecule has 0 aliphatic heterocycles. The number of ether oxygens (including phenoxy) is 1. The van der Waals surface area contributed by atoms with E-state index < -0.39 is 11.8 Å². The zero-order chi connectivity index (χ0) is 19.6. The lowest BCUT2D eigenvalue weighted by molar-refractivity contribution is -0.123. The molecule has 27 heavy (non-hydrogen) atoms. The maximum atomic E-state index is 11.8. The van der Waals surface area contributed by atoms with E-state index in [0.29, 0.717) is 5.75 Å². The van der Waals surface area contributed by atoms with Crippen molar-refractivity contribution in [2.45, 2.75) is 6.92 Å². The SMILES string of the molecule is Cc1cc(Br)ccc1OCC(=O)NNC(=S)NC(=O)C=Cc1ccccc1. The fourth-order valence-corrected chi connectivity index (χ4v) is 2.63. The van der Waals surface area contributed by atoms with Crippen molar-refractivity contribution in [1.82, 2.24) is 16.2 Å². The van der Waals surface area contributed by atoms with Gasteiger partial charge < -0.3 is 4.74 Å². The van der Waals surface area contributed by atoms with Gasteiger partial charge >= 0.3 is 0 Å². The van der Waals surface area contributed by atoms with Crippen LogP contribution in [-0.4, -0.2) is 23.5 Å². The molecule has 0 unspecified atom stereocenters. The molecule has 2 amide bonds. The van der Waals surface area contributed by atoms with Gasteiger partial charge in [0.25, 0.3) is 5.91 Å². The highest BCUT2D eigenvalue weighted by molar-refractivity contribution is 9.10. The summed E-state index contributed by atoms with van der Waals surface area (Å²) in [4.78, 5) is 23.6.